The Morgan fingerprint density at radius 2 is 1.74 bits per heavy atom. The Bertz CT molecular complexity index is 1110. The van der Waals surface area contributed by atoms with Crippen molar-refractivity contribution in [2.45, 2.75) is 0 Å². The molecule has 0 spiro atoms. The van der Waals surface area contributed by atoms with Crippen LogP contribution < -0.4 is 14.9 Å². The average molecular weight is 306 g/mol. The van der Waals surface area contributed by atoms with Crippen molar-refractivity contribution < 1.29 is 13.9 Å². The van der Waals surface area contributed by atoms with Gasteiger partial charge in [0.15, 0.2) is 11.3 Å². The number of rotatable bonds is 2. The Labute approximate surface area is 131 Å². The van der Waals surface area contributed by atoms with Crippen LogP contribution in [0.5, 0.6) is 11.5 Å². The summed E-state index contributed by atoms with van der Waals surface area (Å²) in [5.41, 5.74) is 0.954. The van der Waals surface area contributed by atoms with Gasteiger partial charge in [-0.2, -0.15) is 0 Å². The van der Waals surface area contributed by atoms with Crippen LogP contribution in [-0.4, -0.2) is 14.2 Å². The molecule has 0 aliphatic carbocycles. The Kier molecular flexibility index (Phi) is 2.98. The second kappa shape index (κ2) is 5.02. The molecule has 0 N–H and O–H groups in total. The quantitative estimate of drug-likeness (QED) is 0.523. The summed E-state index contributed by atoms with van der Waals surface area (Å²) in [6, 6.07) is 14.8. The molecule has 0 bridgehead atoms. The molecule has 4 aromatic rings. The van der Waals surface area contributed by atoms with Gasteiger partial charge >= 0.3 is 0 Å². The molecular weight excluding hydrogens is 292 g/mol. The molecule has 0 fully saturated rings. The molecular formula is C19H14O4. The lowest BCUT2D eigenvalue weighted by Gasteiger charge is -2.07. The summed E-state index contributed by atoms with van der Waals surface area (Å²) in [4.78, 5) is 12.8. The summed E-state index contributed by atoms with van der Waals surface area (Å²) < 4.78 is 16.5. The van der Waals surface area contributed by atoms with Gasteiger partial charge in [0.05, 0.1) is 25.0 Å². The molecule has 0 saturated heterocycles. The van der Waals surface area contributed by atoms with Crippen molar-refractivity contribution in [3.05, 3.63) is 58.8 Å². The third-order valence-electron chi connectivity index (χ3n) is 4.05. The number of hydrogen-bond acceptors (Lipinski definition) is 4. The molecule has 0 aliphatic rings. The Balaban J connectivity index is 2.16. The molecule has 0 atom stereocenters. The summed E-state index contributed by atoms with van der Waals surface area (Å²) in [7, 11) is 3.18. The number of benzene rings is 3. The first kappa shape index (κ1) is 13.6. The third kappa shape index (κ3) is 2.03. The van der Waals surface area contributed by atoms with Crippen LogP contribution in [0, 0.1) is 0 Å². The van der Waals surface area contributed by atoms with Gasteiger partial charge in [-0.3, -0.25) is 4.79 Å². The van der Waals surface area contributed by atoms with E-state index in [1.807, 2.05) is 30.3 Å². The van der Waals surface area contributed by atoms with Crippen molar-refractivity contribution in [1.29, 1.82) is 0 Å². The molecule has 0 amide bonds. The highest BCUT2D eigenvalue weighted by atomic mass is 16.5. The van der Waals surface area contributed by atoms with Crippen LogP contribution in [0.2, 0.25) is 0 Å². The second-order valence-electron chi connectivity index (χ2n) is 5.33. The fourth-order valence-corrected chi connectivity index (χ4v) is 2.86. The van der Waals surface area contributed by atoms with E-state index in [9.17, 15) is 4.79 Å². The first-order chi connectivity index (χ1) is 11.2. The molecule has 4 rings (SSSR count). The van der Waals surface area contributed by atoms with Crippen LogP contribution in [0.25, 0.3) is 32.7 Å². The molecule has 4 heteroatoms. The van der Waals surface area contributed by atoms with E-state index in [1.54, 1.807) is 32.4 Å². The van der Waals surface area contributed by atoms with Crippen LogP contribution in [-0.2, 0) is 0 Å². The number of fused-ring (bicyclic) bond motifs is 3. The SMILES string of the molecule is COc1ccc2cc3oc4c(OC)cccc4c(=O)c3cc2c1. The third-order valence-corrected chi connectivity index (χ3v) is 4.05. The predicted octanol–water partition coefficient (Wildman–Crippen LogP) is 4.12. The topological polar surface area (TPSA) is 48.7 Å². The van der Waals surface area contributed by atoms with Crippen molar-refractivity contribution >= 4 is 32.7 Å². The average Bonchev–Trinajstić information content (AvgIpc) is 2.59. The van der Waals surface area contributed by atoms with E-state index in [-0.39, 0.29) is 5.43 Å². The molecule has 114 valence electrons. The highest BCUT2D eigenvalue weighted by Gasteiger charge is 2.12. The smallest absolute Gasteiger partial charge is 0.200 e. The second-order valence-corrected chi connectivity index (χ2v) is 5.33. The Morgan fingerprint density at radius 1 is 0.870 bits per heavy atom. The Hall–Kier alpha value is -3.01. The fraction of sp³-hybridized carbons (Fsp3) is 0.105. The van der Waals surface area contributed by atoms with Gasteiger partial charge in [0.25, 0.3) is 0 Å². The van der Waals surface area contributed by atoms with Gasteiger partial charge in [-0.15, -0.1) is 0 Å². The van der Waals surface area contributed by atoms with Crippen molar-refractivity contribution in [2.24, 2.45) is 0 Å². The summed E-state index contributed by atoms with van der Waals surface area (Å²) >= 11 is 0. The molecule has 0 radical (unpaired) electrons. The fourth-order valence-electron chi connectivity index (χ4n) is 2.86. The molecule has 3 aromatic carbocycles. The van der Waals surface area contributed by atoms with Crippen LogP contribution in [0.15, 0.2) is 57.7 Å². The molecule has 0 aliphatic heterocycles. The van der Waals surface area contributed by atoms with Gasteiger partial charge in [-0.05, 0) is 47.2 Å². The van der Waals surface area contributed by atoms with Crippen molar-refractivity contribution in [3.8, 4) is 11.5 Å². The summed E-state index contributed by atoms with van der Waals surface area (Å²) in [5.74, 6) is 1.31. The number of ether oxygens (including phenoxy) is 2. The maximum absolute atomic E-state index is 12.8. The zero-order chi connectivity index (χ0) is 16.0. The number of para-hydroxylation sites is 1. The number of methoxy groups -OCH3 is 2. The molecule has 4 nitrogen and oxygen atoms in total. The highest BCUT2D eigenvalue weighted by molar-refractivity contribution is 6.00. The van der Waals surface area contributed by atoms with E-state index in [4.69, 9.17) is 13.9 Å². The van der Waals surface area contributed by atoms with Gasteiger partial charge in [-0.25, -0.2) is 0 Å². The normalized spacial score (nSPS) is 11.2. The standard InChI is InChI=1S/C19H14O4/c1-21-13-7-6-11-10-17-15(9-12(11)8-13)18(20)14-4-3-5-16(22-2)19(14)23-17/h3-10H,1-2H3. The van der Waals surface area contributed by atoms with Crippen molar-refractivity contribution in [1.82, 2.24) is 0 Å². The zero-order valence-electron chi connectivity index (χ0n) is 12.8. The minimum absolute atomic E-state index is 0.0649. The summed E-state index contributed by atoms with van der Waals surface area (Å²) in [6.07, 6.45) is 0. The van der Waals surface area contributed by atoms with E-state index in [1.165, 1.54) is 0 Å². The van der Waals surface area contributed by atoms with Crippen molar-refractivity contribution in [2.75, 3.05) is 14.2 Å². The molecule has 0 saturated carbocycles. The lowest BCUT2D eigenvalue weighted by atomic mass is 10.1. The maximum Gasteiger partial charge on any atom is 0.200 e. The molecule has 0 unspecified atom stereocenters. The van der Waals surface area contributed by atoms with Gasteiger partial charge in [-0.1, -0.05) is 12.1 Å². The van der Waals surface area contributed by atoms with E-state index in [2.05, 4.69) is 0 Å². The first-order valence-electron chi connectivity index (χ1n) is 7.22. The Morgan fingerprint density at radius 3 is 2.52 bits per heavy atom. The van der Waals surface area contributed by atoms with Gasteiger partial charge in [0, 0.05) is 0 Å². The van der Waals surface area contributed by atoms with E-state index >= 15 is 0 Å². The predicted molar refractivity (Wildman–Crippen MR) is 90.6 cm³/mol. The lowest BCUT2D eigenvalue weighted by molar-refractivity contribution is 0.411. The van der Waals surface area contributed by atoms with Crippen LogP contribution >= 0.6 is 0 Å². The van der Waals surface area contributed by atoms with Gasteiger partial charge in [0.1, 0.15) is 11.3 Å². The van der Waals surface area contributed by atoms with Crippen LogP contribution in [0.1, 0.15) is 0 Å². The van der Waals surface area contributed by atoms with Gasteiger partial charge < -0.3 is 13.9 Å². The minimum Gasteiger partial charge on any atom is -0.497 e. The monoisotopic (exact) mass is 306 g/mol. The molecule has 1 aromatic heterocycles. The van der Waals surface area contributed by atoms with E-state index in [0.29, 0.717) is 27.7 Å². The largest absolute Gasteiger partial charge is 0.497 e. The molecule has 1 heterocycles. The first-order valence-corrected chi connectivity index (χ1v) is 7.22. The number of hydrogen-bond donors (Lipinski definition) is 0. The highest BCUT2D eigenvalue weighted by Crippen LogP contribution is 2.30. The van der Waals surface area contributed by atoms with Crippen LogP contribution in [0.4, 0.5) is 0 Å². The van der Waals surface area contributed by atoms with Crippen molar-refractivity contribution in [3.63, 3.8) is 0 Å². The minimum atomic E-state index is -0.0649. The van der Waals surface area contributed by atoms with E-state index in [0.717, 1.165) is 16.5 Å². The zero-order valence-corrected chi connectivity index (χ0v) is 12.8. The van der Waals surface area contributed by atoms with Crippen LogP contribution in [0.3, 0.4) is 0 Å². The van der Waals surface area contributed by atoms with E-state index < -0.39 is 0 Å². The maximum atomic E-state index is 12.8. The van der Waals surface area contributed by atoms with Gasteiger partial charge in [0.2, 0.25) is 5.43 Å². The lowest BCUT2D eigenvalue weighted by Crippen LogP contribution is -2.02. The molecule has 23 heavy (non-hydrogen) atoms. The summed E-state index contributed by atoms with van der Waals surface area (Å²) in [6.45, 7) is 0. The summed E-state index contributed by atoms with van der Waals surface area (Å²) in [5, 5.41) is 2.98.